The summed E-state index contributed by atoms with van der Waals surface area (Å²) in [6, 6.07) is 0. The molecule has 2 aliphatic carbocycles. The second kappa shape index (κ2) is 5.00. The topological polar surface area (TPSA) is 32.3 Å². The standard InChI is InChI=1S/C13H22N2O/c1-3-15(2)13(16)9-14-8-12-7-10-4-5-11(12)6-10/h4-5,10-12,14H,3,6-9H2,1-2H3. The Bertz CT molecular complexity index is 288. The maximum atomic E-state index is 11.6. The molecule has 0 aromatic carbocycles. The number of hydrogen-bond donors (Lipinski definition) is 1. The SMILES string of the molecule is CCN(C)C(=O)CNCC1CC2C=CC1C2. The first-order chi connectivity index (χ1) is 7.70. The van der Waals surface area contributed by atoms with E-state index in [1.807, 2.05) is 14.0 Å². The minimum atomic E-state index is 0.196. The van der Waals surface area contributed by atoms with Crippen LogP contribution in [-0.2, 0) is 4.79 Å². The van der Waals surface area contributed by atoms with Crippen LogP contribution in [0.15, 0.2) is 12.2 Å². The van der Waals surface area contributed by atoms with Crippen LogP contribution in [0, 0.1) is 17.8 Å². The fourth-order valence-electron chi connectivity index (χ4n) is 2.81. The first-order valence-corrected chi connectivity index (χ1v) is 6.33. The van der Waals surface area contributed by atoms with Crippen LogP contribution in [0.1, 0.15) is 19.8 Å². The van der Waals surface area contributed by atoms with Gasteiger partial charge >= 0.3 is 0 Å². The molecule has 2 rings (SSSR count). The number of likely N-dealkylation sites (N-methyl/N-ethyl adjacent to an activating group) is 1. The molecule has 3 heteroatoms. The number of amides is 1. The lowest BCUT2D eigenvalue weighted by atomic mass is 9.94. The molecular formula is C13H22N2O. The van der Waals surface area contributed by atoms with E-state index < -0.39 is 0 Å². The van der Waals surface area contributed by atoms with Crippen molar-refractivity contribution in [1.29, 1.82) is 0 Å². The minimum Gasteiger partial charge on any atom is -0.345 e. The van der Waals surface area contributed by atoms with Crippen molar-refractivity contribution in [2.45, 2.75) is 19.8 Å². The molecule has 0 aromatic heterocycles. The number of allylic oxidation sites excluding steroid dienone is 2. The molecule has 16 heavy (non-hydrogen) atoms. The highest BCUT2D eigenvalue weighted by Crippen LogP contribution is 2.42. The quantitative estimate of drug-likeness (QED) is 0.710. The van der Waals surface area contributed by atoms with Crippen molar-refractivity contribution in [2.75, 3.05) is 26.7 Å². The smallest absolute Gasteiger partial charge is 0.236 e. The highest BCUT2D eigenvalue weighted by atomic mass is 16.2. The van der Waals surface area contributed by atoms with E-state index in [1.54, 1.807) is 4.90 Å². The molecule has 1 N–H and O–H groups in total. The first-order valence-electron chi connectivity index (χ1n) is 6.33. The van der Waals surface area contributed by atoms with Crippen LogP contribution in [0.4, 0.5) is 0 Å². The van der Waals surface area contributed by atoms with E-state index in [1.165, 1.54) is 12.8 Å². The number of nitrogens with one attached hydrogen (secondary N) is 1. The normalized spacial score (nSPS) is 31.0. The molecule has 3 unspecified atom stereocenters. The Kier molecular flexibility index (Phi) is 3.64. The summed E-state index contributed by atoms with van der Waals surface area (Å²) in [5.41, 5.74) is 0. The van der Waals surface area contributed by atoms with E-state index in [0.717, 1.165) is 30.8 Å². The second-order valence-electron chi connectivity index (χ2n) is 5.08. The Morgan fingerprint density at radius 2 is 2.25 bits per heavy atom. The average Bonchev–Trinajstić information content (AvgIpc) is 2.89. The van der Waals surface area contributed by atoms with Crippen molar-refractivity contribution in [2.24, 2.45) is 17.8 Å². The van der Waals surface area contributed by atoms with E-state index in [-0.39, 0.29) is 5.91 Å². The zero-order valence-corrected chi connectivity index (χ0v) is 10.3. The van der Waals surface area contributed by atoms with Crippen LogP contribution >= 0.6 is 0 Å². The highest BCUT2D eigenvalue weighted by molar-refractivity contribution is 5.77. The third-order valence-electron chi connectivity index (χ3n) is 4.00. The van der Waals surface area contributed by atoms with Gasteiger partial charge in [-0.25, -0.2) is 0 Å². The van der Waals surface area contributed by atoms with Crippen LogP contribution < -0.4 is 5.32 Å². The molecule has 3 atom stereocenters. The third kappa shape index (κ3) is 2.46. The fourth-order valence-corrected chi connectivity index (χ4v) is 2.81. The van der Waals surface area contributed by atoms with Gasteiger partial charge in [-0.05, 0) is 44.1 Å². The number of carbonyl (C=O) groups excluding carboxylic acids is 1. The molecular weight excluding hydrogens is 200 g/mol. The largest absolute Gasteiger partial charge is 0.345 e. The molecule has 1 amide bonds. The van der Waals surface area contributed by atoms with Gasteiger partial charge in [-0.2, -0.15) is 0 Å². The summed E-state index contributed by atoms with van der Waals surface area (Å²) in [4.78, 5) is 13.3. The Hall–Kier alpha value is -0.830. The number of fused-ring (bicyclic) bond motifs is 2. The summed E-state index contributed by atoms with van der Waals surface area (Å²) >= 11 is 0. The summed E-state index contributed by atoms with van der Waals surface area (Å²) in [5.74, 6) is 2.55. The third-order valence-corrected chi connectivity index (χ3v) is 4.00. The lowest BCUT2D eigenvalue weighted by molar-refractivity contribution is -0.128. The van der Waals surface area contributed by atoms with Gasteiger partial charge in [-0.15, -0.1) is 0 Å². The van der Waals surface area contributed by atoms with E-state index in [2.05, 4.69) is 17.5 Å². The minimum absolute atomic E-state index is 0.196. The molecule has 0 saturated heterocycles. The van der Waals surface area contributed by atoms with Gasteiger partial charge in [0.05, 0.1) is 6.54 Å². The van der Waals surface area contributed by atoms with E-state index in [0.29, 0.717) is 6.54 Å². The molecule has 0 radical (unpaired) electrons. The maximum Gasteiger partial charge on any atom is 0.236 e. The van der Waals surface area contributed by atoms with Crippen molar-refractivity contribution in [1.82, 2.24) is 10.2 Å². The van der Waals surface area contributed by atoms with E-state index in [9.17, 15) is 4.79 Å². The lowest BCUT2D eigenvalue weighted by Gasteiger charge is -2.20. The van der Waals surface area contributed by atoms with Crippen molar-refractivity contribution >= 4 is 5.91 Å². The molecule has 0 spiro atoms. The lowest BCUT2D eigenvalue weighted by Crippen LogP contribution is -2.37. The molecule has 1 fully saturated rings. The van der Waals surface area contributed by atoms with Crippen LogP contribution in [0.2, 0.25) is 0 Å². The fraction of sp³-hybridized carbons (Fsp3) is 0.769. The molecule has 0 aliphatic heterocycles. The Labute approximate surface area is 97.9 Å². The Morgan fingerprint density at radius 1 is 1.44 bits per heavy atom. The molecule has 0 heterocycles. The van der Waals surface area contributed by atoms with Gasteiger partial charge in [0.15, 0.2) is 0 Å². The monoisotopic (exact) mass is 222 g/mol. The number of rotatable bonds is 5. The zero-order valence-electron chi connectivity index (χ0n) is 10.3. The molecule has 90 valence electrons. The number of carbonyl (C=O) groups is 1. The summed E-state index contributed by atoms with van der Waals surface area (Å²) < 4.78 is 0. The second-order valence-corrected chi connectivity index (χ2v) is 5.08. The predicted molar refractivity (Wildman–Crippen MR) is 65.0 cm³/mol. The summed E-state index contributed by atoms with van der Waals surface area (Å²) in [6.45, 7) is 4.27. The van der Waals surface area contributed by atoms with Gasteiger partial charge in [0.1, 0.15) is 0 Å². The number of nitrogens with zero attached hydrogens (tertiary/aromatic N) is 1. The summed E-state index contributed by atoms with van der Waals surface area (Å²) in [6.07, 6.45) is 7.37. The maximum absolute atomic E-state index is 11.6. The summed E-state index contributed by atoms with van der Waals surface area (Å²) in [7, 11) is 1.85. The van der Waals surface area contributed by atoms with Crippen LogP contribution in [0.25, 0.3) is 0 Å². The van der Waals surface area contributed by atoms with Gasteiger partial charge in [-0.1, -0.05) is 12.2 Å². The van der Waals surface area contributed by atoms with Gasteiger partial charge in [0.2, 0.25) is 5.91 Å². The average molecular weight is 222 g/mol. The van der Waals surface area contributed by atoms with E-state index >= 15 is 0 Å². The molecule has 0 aromatic rings. The molecule has 1 saturated carbocycles. The van der Waals surface area contributed by atoms with Crippen molar-refractivity contribution < 1.29 is 4.79 Å². The van der Waals surface area contributed by atoms with Gasteiger partial charge in [0, 0.05) is 13.6 Å². The van der Waals surface area contributed by atoms with Crippen LogP contribution in [0.3, 0.4) is 0 Å². The molecule has 2 bridgehead atoms. The van der Waals surface area contributed by atoms with Crippen molar-refractivity contribution in [3.05, 3.63) is 12.2 Å². The van der Waals surface area contributed by atoms with Gasteiger partial charge < -0.3 is 10.2 Å². The number of hydrogen-bond acceptors (Lipinski definition) is 2. The molecule has 2 aliphatic rings. The Balaban J connectivity index is 1.65. The Morgan fingerprint density at radius 3 is 2.81 bits per heavy atom. The first kappa shape index (κ1) is 11.6. The molecule has 3 nitrogen and oxygen atoms in total. The zero-order chi connectivity index (χ0) is 11.5. The summed E-state index contributed by atoms with van der Waals surface area (Å²) in [5, 5.41) is 3.30. The van der Waals surface area contributed by atoms with Gasteiger partial charge in [0.25, 0.3) is 0 Å². The van der Waals surface area contributed by atoms with E-state index in [4.69, 9.17) is 0 Å². The van der Waals surface area contributed by atoms with Crippen molar-refractivity contribution in [3.8, 4) is 0 Å². The highest BCUT2D eigenvalue weighted by Gasteiger charge is 2.35. The predicted octanol–water partition coefficient (Wildman–Crippen LogP) is 1.27. The van der Waals surface area contributed by atoms with Crippen LogP contribution in [-0.4, -0.2) is 37.5 Å². The van der Waals surface area contributed by atoms with Gasteiger partial charge in [-0.3, -0.25) is 4.79 Å². The van der Waals surface area contributed by atoms with Crippen molar-refractivity contribution in [3.63, 3.8) is 0 Å². The van der Waals surface area contributed by atoms with Crippen LogP contribution in [0.5, 0.6) is 0 Å².